The molecule has 0 bridgehead atoms. The Balaban J connectivity index is 2.44. The number of fused-ring (bicyclic) bond motifs is 1. The zero-order valence-corrected chi connectivity index (χ0v) is 7.55. The SMILES string of the molecule is N#[N+]C1CCc2ccccc2N=C1[O-]. The Labute approximate surface area is 81.5 Å². The van der Waals surface area contributed by atoms with E-state index >= 15 is 0 Å². The largest absolute Gasteiger partial charge is 0.856 e. The maximum atomic E-state index is 11.4. The maximum Gasteiger partial charge on any atom is 0.342 e. The number of aryl methyl sites for hydroxylation is 1. The van der Waals surface area contributed by atoms with E-state index < -0.39 is 6.04 Å². The minimum Gasteiger partial charge on any atom is -0.856 e. The van der Waals surface area contributed by atoms with Gasteiger partial charge in [0.05, 0.1) is 11.6 Å². The topological polar surface area (TPSA) is 63.6 Å². The Morgan fingerprint density at radius 1 is 1.43 bits per heavy atom. The Kier molecular flexibility index (Phi) is 2.15. The molecule has 0 aliphatic carbocycles. The number of benzene rings is 1. The second-order valence-electron chi connectivity index (χ2n) is 3.25. The van der Waals surface area contributed by atoms with Gasteiger partial charge in [0.25, 0.3) is 0 Å². The normalized spacial score (nSPS) is 20.2. The Bertz CT molecular complexity index is 420. The number of hydrogen-bond donors (Lipinski definition) is 0. The molecule has 2 rings (SSSR count). The first-order chi connectivity index (χ1) is 6.81. The molecule has 1 atom stereocenters. The fourth-order valence-electron chi connectivity index (χ4n) is 1.55. The first kappa shape index (κ1) is 8.70. The second-order valence-corrected chi connectivity index (χ2v) is 3.25. The lowest BCUT2D eigenvalue weighted by atomic mass is 10.1. The van der Waals surface area contributed by atoms with Gasteiger partial charge in [0.1, 0.15) is 4.98 Å². The van der Waals surface area contributed by atoms with Gasteiger partial charge in [-0.25, -0.2) is 0 Å². The third-order valence-corrected chi connectivity index (χ3v) is 2.33. The van der Waals surface area contributed by atoms with Crippen LogP contribution >= 0.6 is 0 Å². The molecule has 0 spiro atoms. The zero-order valence-electron chi connectivity index (χ0n) is 7.55. The van der Waals surface area contributed by atoms with Crippen molar-refractivity contribution < 1.29 is 5.11 Å². The van der Waals surface area contributed by atoms with Crippen molar-refractivity contribution in [1.82, 2.24) is 0 Å². The number of para-hydroxylation sites is 1. The molecule has 0 fully saturated rings. The van der Waals surface area contributed by atoms with Crippen molar-refractivity contribution >= 4 is 11.6 Å². The summed E-state index contributed by atoms with van der Waals surface area (Å²) >= 11 is 0. The predicted molar refractivity (Wildman–Crippen MR) is 50.7 cm³/mol. The summed E-state index contributed by atoms with van der Waals surface area (Å²) in [5.41, 5.74) is 1.73. The highest BCUT2D eigenvalue weighted by molar-refractivity contribution is 5.83. The maximum absolute atomic E-state index is 11.4. The minimum atomic E-state index is -0.692. The van der Waals surface area contributed by atoms with Crippen LogP contribution < -0.4 is 5.11 Å². The third kappa shape index (κ3) is 1.44. The predicted octanol–water partition coefficient (Wildman–Crippen LogP) is 1.24. The summed E-state index contributed by atoms with van der Waals surface area (Å²) < 4.78 is 0. The van der Waals surface area contributed by atoms with Crippen molar-refractivity contribution in [2.75, 3.05) is 0 Å². The Morgan fingerprint density at radius 2 is 2.21 bits per heavy atom. The van der Waals surface area contributed by atoms with Crippen molar-refractivity contribution in [2.45, 2.75) is 18.9 Å². The number of rotatable bonds is 0. The monoisotopic (exact) mass is 187 g/mol. The summed E-state index contributed by atoms with van der Waals surface area (Å²) in [6.07, 6.45) is 1.25. The van der Waals surface area contributed by atoms with Gasteiger partial charge in [-0.2, -0.15) is 0 Å². The van der Waals surface area contributed by atoms with Crippen LogP contribution in [0.25, 0.3) is 4.98 Å². The van der Waals surface area contributed by atoms with Crippen molar-refractivity contribution in [3.8, 4) is 0 Å². The van der Waals surface area contributed by atoms with Crippen molar-refractivity contribution in [2.24, 2.45) is 4.99 Å². The van der Waals surface area contributed by atoms with Crippen LogP contribution in [0, 0.1) is 5.39 Å². The Morgan fingerprint density at radius 3 is 3.00 bits per heavy atom. The third-order valence-electron chi connectivity index (χ3n) is 2.33. The van der Waals surface area contributed by atoms with Crippen LogP contribution in [-0.2, 0) is 6.42 Å². The Hall–Kier alpha value is -1.89. The molecule has 1 aliphatic heterocycles. The molecule has 0 saturated carbocycles. The highest BCUT2D eigenvalue weighted by atomic mass is 16.3. The van der Waals surface area contributed by atoms with Gasteiger partial charge in [0.2, 0.25) is 5.39 Å². The van der Waals surface area contributed by atoms with Crippen molar-refractivity contribution in [3.63, 3.8) is 0 Å². The molecule has 14 heavy (non-hydrogen) atoms. The first-order valence-corrected chi connectivity index (χ1v) is 4.49. The number of hydrogen-bond acceptors (Lipinski definition) is 3. The molecule has 1 unspecified atom stereocenters. The van der Waals surface area contributed by atoms with Gasteiger partial charge in [-0.3, -0.25) is 4.99 Å². The average molecular weight is 187 g/mol. The molecule has 0 N–H and O–H groups in total. The summed E-state index contributed by atoms with van der Waals surface area (Å²) in [7, 11) is 0. The van der Waals surface area contributed by atoms with E-state index in [1.165, 1.54) is 0 Å². The number of nitrogens with zero attached hydrogens (tertiary/aromatic N) is 3. The van der Waals surface area contributed by atoms with E-state index in [4.69, 9.17) is 5.39 Å². The molecule has 0 radical (unpaired) electrons. The average Bonchev–Trinajstić information content (AvgIpc) is 2.36. The van der Waals surface area contributed by atoms with Crippen molar-refractivity contribution in [3.05, 3.63) is 34.8 Å². The molecule has 1 aromatic carbocycles. The smallest absolute Gasteiger partial charge is 0.342 e. The van der Waals surface area contributed by atoms with E-state index in [1.54, 1.807) is 6.07 Å². The number of aliphatic imine (C=N–C) groups is 1. The van der Waals surface area contributed by atoms with E-state index in [0.29, 0.717) is 12.1 Å². The van der Waals surface area contributed by atoms with E-state index in [1.807, 2.05) is 18.2 Å². The van der Waals surface area contributed by atoms with Crippen LogP contribution in [0.5, 0.6) is 0 Å². The minimum absolute atomic E-state index is 0.363. The standard InChI is InChI=1S/C10H9N3O/c11-13-9-6-5-7-3-1-2-4-8(7)12-10(9)14/h1-4,9H,5-6H2. The van der Waals surface area contributed by atoms with Gasteiger partial charge in [0, 0.05) is 6.42 Å². The van der Waals surface area contributed by atoms with Crippen molar-refractivity contribution in [1.29, 1.82) is 5.39 Å². The highest BCUT2D eigenvalue weighted by Crippen LogP contribution is 2.24. The van der Waals surface area contributed by atoms with Gasteiger partial charge < -0.3 is 5.11 Å². The van der Waals surface area contributed by atoms with Crippen LogP contribution in [-0.4, -0.2) is 11.9 Å². The summed E-state index contributed by atoms with van der Waals surface area (Å²) in [4.78, 5) is 6.93. The van der Waals surface area contributed by atoms with Gasteiger partial charge in [-0.05, 0) is 18.1 Å². The molecule has 0 amide bonds. The lowest BCUT2D eigenvalue weighted by molar-refractivity contribution is -0.219. The summed E-state index contributed by atoms with van der Waals surface area (Å²) in [5.74, 6) is -0.363. The molecular weight excluding hydrogens is 178 g/mol. The van der Waals surface area contributed by atoms with E-state index in [-0.39, 0.29) is 5.90 Å². The highest BCUT2D eigenvalue weighted by Gasteiger charge is 2.23. The van der Waals surface area contributed by atoms with Crippen LogP contribution in [0.4, 0.5) is 5.69 Å². The molecular formula is C10H9N3O. The summed E-state index contributed by atoms with van der Waals surface area (Å²) in [6, 6.07) is 6.79. The summed E-state index contributed by atoms with van der Waals surface area (Å²) in [6.45, 7) is 0. The van der Waals surface area contributed by atoms with Gasteiger partial charge in [-0.1, -0.05) is 18.2 Å². The molecule has 1 heterocycles. The van der Waals surface area contributed by atoms with E-state index in [0.717, 1.165) is 12.0 Å². The lowest BCUT2D eigenvalue weighted by Crippen LogP contribution is -2.29. The molecule has 1 aliphatic rings. The summed E-state index contributed by atoms with van der Waals surface area (Å²) in [5, 5.41) is 20.0. The molecule has 0 aromatic heterocycles. The van der Waals surface area contributed by atoms with Crippen LogP contribution in [0.1, 0.15) is 12.0 Å². The van der Waals surface area contributed by atoms with E-state index in [9.17, 15) is 5.11 Å². The molecule has 4 nitrogen and oxygen atoms in total. The van der Waals surface area contributed by atoms with Gasteiger partial charge in [-0.15, -0.1) is 0 Å². The van der Waals surface area contributed by atoms with Gasteiger partial charge in [0.15, 0.2) is 0 Å². The van der Waals surface area contributed by atoms with Crippen LogP contribution in [0.3, 0.4) is 0 Å². The lowest BCUT2D eigenvalue weighted by Gasteiger charge is -2.03. The van der Waals surface area contributed by atoms with Crippen LogP contribution in [0.2, 0.25) is 0 Å². The first-order valence-electron chi connectivity index (χ1n) is 4.49. The molecule has 1 aromatic rings. The fourth-order valence-corrected chi connectivity index (χ4v) is 1.55. The van der Waals surface area contributed by atoms with Gasteiger partial charge >= 0.3 is 6.04 Å². The zero-order chi connectivity index (χ0) is 9.97. The fraction of sp³-hybridized carbons (Fsp3) is 0.300. The molecule has 0 saturated heterocycles. The quantitative estimate of drug-likeness (QED) is 0.573. The number of diazo groups is 1. The second kappa shape index (κ2) is 3.46. The van der Waals surface area contributed by atoms with Crippen LogP contribution in [0.15, 0.2) is 29.3 Å². The van der Waals surface area contributed by atoms with E-state index in [2.05, 4.69) is 9.97 Å². The molecule has 70 valence electrons. The molecule has 4 heteroatoms.